The summed E-state index contributed by atoms with van der Waals surface area (Å²) in [5, 5.41) is 9.10. The minimum atomic E-state index is -4.43. The third kappa shape index (κ3) is 2.70. The molecule has 27 heavy (non-hydrogen) atoms. The molecule has 7 nitrogen and oxygen atoms in total. The highest BCUT2D eigenvalue weighted by atomic mass is 32.2. The van der Waals surface area contributed by atoms with Crippen LogP contribution in [-0.4, -0.2) is 19.9 Å². The van der Waals surface area contributed by atoms with Crippen molar-refractivity contribution in [3.8, 4) is 17.6 Å². The Labute approximate surface area is 150 Å². The highest BCUT2D eigenvalue weighted by Gasteiger charge is 2.33. The molecule has 0 aliphatic carbocycles. The van der Waals surface area contributed by atoms with Crippen molar-refractivity contribution in [1.29, 1.82) is 5.26 Å². The maximum atomic E-state index is 14.4. The molecule has 0 radical (unpaired) electrons. The summed E-state index contributed by atoms with van der Waals surface area (Å²) in [7, 11) is -4.43. The number of nitriles is 1. The highest BCUT2D eigenvalue weighted by molar-refractivity contribution is 7.93. The monoisotopic (exact) mass is 395 g/mol. The summed E-state index contributed by atoms with van der Waals surface area (Å²) in [6.45, 7) is -2.32. The van der Waals surface area contributed by atoms with Crippen molar-refractivity contribution in [2.24, 2.45) is 0 Å². The molecule has 0 spiro atoms. The molecule has 1 unspecified atom stereocenters. The molecule has 11 heteroatoms. The van der Waals surface area contributed by atoms with E-state index >= 15 is 0 Å². The van der Waals surface area contributed by atoms with E-state index < -0.39 is 45.4 Å². The van der Waals surface area contributed by atoms with Gasteiger partial charge in [0.1, 0.15) is 10.6 Å². The van der Waals surface area contributed by atoms with Gasteiger partial charge in [-0.2, -0.15) is 9.65 Å². The molecule has 1 atom stereocenters. The number of rotatable bonds is 3. The number of ether oxygens (including phenoxy) is 2. The number of nitrogens with zero attached hydrogens (tertiary/aromatic N) is 1. The fourth-order valence-corrected chi connectivity index (χ4v) is 3.91. The number of halogens is 3. The van der Waals surface area contributed by atoms with E-state index in [0.717, 1.165) is 6.20 Å². The maximum Gasteiger partial charge on any atom is 0.397 e. The third-order valence-corrected chi connectivity index (χ3v) is 5.26. The van der Waals surface area contributed by atoms with Gasteiger partial charge in [-0.05, 0) is 12.1 Å². The predicted molar refractivity (Wildman–Crippen MR) is 86.3 cm³/mol. The quantitative estimate of drug-likeness (QED) is 0.709. The summed E-state index contributed by atoms with van der Waals surface area (Å²) in [6.07, 6.45) is 1.12. The second-order valence-corrected chi connectivity index (χ2v) is 7.17. The smallest absolute Gasteiger partial charge is 0.397 e. The number of alkyl halides is 1. The van der Waals surface area contributed by atoms with E-state index in [9.17, 15) is 21.6 Å². The summed E-state index contributed by atoms with van der Waals surface area (Å²) in [5.74, 6) is -4.00. The van der Waals surface area contributed by atoms with Crippen LogP contribution in [0, 0.1) is 23.0 Å². The average molecular weight is 395 g/mol. The standard InChI is InChI=1S/C16H8F3N3O4S/c17-9-4-11-15(26-16(19)25-11)13(18)14(9)22-27(23,24)12-6-21-10-3-7(5-20)1-2-8(10)12/h1-4,6,16,21-22H. The van der Waals surface area contributed by atoms with Gasteiger partial charge in [0.05, 0.1) is 11.6 Å². The number of aromatic amines is 1. The fourth-order valence-electron chi connectivity index (χ4n) is 2.67. The highest BCUT2D eigenvalue weighted by Crippen LogP contribution is 2.42. The summed E-state index contributed by atoms with van der Waals surface area (Å²) in [6, 6.07) is 6.74. The van der Waals surface area contributed by atoms with Crippen LogP contribution in [-0.2, 0) is 10.0 Å². The van der Waals surface area contributed by atoms with Gasteiger partial charge in [-0.25, -0.2) is 17.2 Å². The molecule has 0 amide bonds. The predicted octanol–water partition coefficient (Wildman–Crippen LogP) is 3.14. The minimum Gasteiger partial charge on any atom is -0.425 e. The van der Waals surface area contributed by atoms with Crippen LogP contribution in [0.2, 0.25) is 0 Å². The second-order valence-electron chi connectivity index (χ2n) is 5.52. The molecule has 1 aromatic heterocycles. The molecule has 0 saturated heterocycles. The van der Waals surface area contributed by atoms with Crippen LogP contribution in [0.3, 0.4) is 0 Å². The largest absolute Gasteiger partial charge is 0.425 e. The van der Waals surface area contributed by atoms with Crippen molar-refractivity contribution in [2.45, 2.75) is 11.4 Å². The van der Waals surface area contributed by atoms with E-state index in [-0.39, 0.29) is 10.3 Å². The van der Waals surface area contributed by atoms with Gasteiger partial charge in [0.25, 0.3) is 10.0 Å². The molecule has 4 rings (SSSR count). The molecule has 1 aliphatic heterocycles. The number of benzene rings is 2. The van der Waals surface area contributed by atoms with Crippen LogP contribution in [0.25, 0.3) is 10.9 Å². The van der Waals surface area contributed by atoms with Gasteiger partial charge in [0.2, 0.25) is 5.75 Å². The first-order valence-electron chi connectivity index (χ1n) is 7.33. The van der Waals surface area contributed by atoms with Crippen molar-refractivity contribution >= 4 is 26.6 Å². The molecule has 0 saturated carbocycles. The van der Waals surface area contributed by atoms with Gasteiger partial charge in [-0.1, -0.05) is 6.07 Å². The Bertz CT molecular complexity index is 1230. The Hall–Kier alpha value is -3.39. The van der Waals surface area contributed by atoms with Crippen LogP contribution >= 0.6 is 0 Å². The summed E-state index contributed by atoms with van der Waals surface area (Å²) < 4.78 is 77.5. The SMILES string of the molecule is N#Cc1ccc2c(S(=O)(=O)Nc3c(F)cc4c(c3F)OC(F)O4)c[nH]c2c1. The lowest BCUT2D eigenvalue weighted by Gasteiger charge is -2.10. The summed E-state index contributed by atoms with van der Waals surface area (Å²) >= 11 is 0. The number of nitrogens with one attached hydrogen (secondary N) is 2. The average Bonchev–Trinajstić information content (AvgIpc) is 3.21. The molecule has 3 aromatic rings. The van der Waals surface area contributed by atoms with Gasteiger partial charge in [-0.15, -0.1) is 0 Å². The molecular formula is C16H8F3N3O4S. The fraction of sp³-hybridized carbons (Fsp3) is 0.0625. The zero-order valence-corrected chi connectivity index (χ0v) is 13.9. The first kappa shape index (κ1) is 17.0. The van der Waals surface area contributed by atoms with Crippen LogP contribution in [0.1, 0.15) is 5.56 Å². The number of H-pyrrole nitrogens is 1. The maximum absolute atomic E-state index is 14.4. The van der Waals surface area contributed by atoms with Crippen molar-refractivity contribution < 1.29 is 31.1 Å². The van der Waals surface area contributed by atoms with Crippen molar-refractivity contribution in [1.82, 2.24) is 4.98 Å². The Kier molecular flexibility index (Phi) is 3.67. The normalized spacial score (nSPS) is 15.7. The van der Waals surface area contributed by atoms with Crippen LogP contribution in [0.5, 0.6) is 11.5 Å². The Morgan fingerprint density at radius 3 is 2.74 bits per heavy atom. The Balaban J connectivity index is 1.77. The van der Waals surface area contributed by atoms with Gasteiger partial charge in [-0.3, -0.25) is 4.72 Å². The molecule has 1 aliphatic rings. The molecule has 2 aromatic carbocycles. The van der Waals surface area contributed by atoms with Crippen LogP contribution < -0.4 is 14.2 Å². The van der Waals surface area contributed by atoms with Gasteiger partial charge in [0, 0.05) is 23.2 Å². The molecule has 2 heterocycles. The van der Waals surface area contributed by atoms with Gasteiger partial charge >= 0.3 is 6.54 Å². The lowest BCUT2D eigenvalue weighted by molar-refractivity contribution is -0.0663. The molecule has 138 valence electrons. The van der Waals surface area contributed by atoms with E-state index in [4.69, 9.17) is 5.26 Å². The lowest BCUT2D eigenvalue weighted by Crippen LogP contribution is -2.15. The van der Waals surface area contributed by atoms with E-state index in [0.29, 0.717) is 17.1 Å². The number of fused-ring (bicyclic) bond motifs is 2. The molecule has 2 N–H and O–H groups in total. The van der Waals surface area contributed by atoms with Crippen molar-refractivity contribution in [3.63, 3.8) is 0 Å². The number of sulfonamides is 1. The van der Waals surface area contributed by atoms with E-state index in [2.05, 4.69) is 14.5 Å². The Morgan fingerprint density at radius 1 is 1.22 bits per heavy atom. The van der Waals surface area contributed by atoms with E-state index in [1.165, 1.54) is 18.2 Å². The second kappa shape index (κ2) is 5.82. The third-order valence-electron chi connectivity index (χ3n) is 3.87. The van der Waals surface area contributed by atoms with Crippen LogP contribution in [0.4, 0.5) is 18.9 Å². The first-order chi connectivity index (χ1) is 12.8. The molecule has 0 fully saturated rings. The first-order valence-corrected chi connectivity index (χ1v) is 8.82. The zero-order chi connectivity index (χ0) is 19.3. The topological polar surface area (TPSA) is 104 Å². The van der Waals surface area contributed by atoms with E-state index in [1.54, 1.807) is 4.72 Å². The number of hydrogen-bond donors (Lipinski definition) is 2. The summed E-state index contributed by atoms with van der Waals surface area (Å²) in [4.78, 5) is 2.39. The van der Waals surface area contributed by atoms with Crippen molar-refractivity contribution in [2.75, 3.05) is 4.72 Å². The van der Waals surface area contributed by atoms with Gasteiger partial charge < -0.3 is 14.5 Å². The Morgan fingerprint density at radius 2 is 2.00 bits per heavy atom. The molecular weight excluding hydrogens is 387 g/mol. The van der Waals surface area contributed by atoms with Gasteiger partial charge in [0.15, 0.2) is 17.4 Å². The lowest BCUT2D eigenvalue weighted by atomic mass is 10.2. The van der Waals surface area contributed by atoms with Crippen molar-refractivity contribution in [3.05, 3.63) is 47.7 Å². The van der Waals surface area contributed by atoms with Crippen LogP contribution in [0.15, 0.2) is 35.4 Å². The zero-order valence-electron chi connectivity index (χ0n) is 13.1. The number of aromatic nitrogens is 1. The number of anilines is 1. The van der Waals surface area contributed by atoms with E-state index in [1.807, 2.05) is 6.07 Å². The molecule has 0 bridgehead atoms. The summed E-state index contributed by atoms with van der Waals surface area (Å²) in [5.41, 5.74) is -0.384. The minimum absolute atomic E-state index is 0.215. The number of hydrogen-bond acceptors (Lipinski definition) is 5.